The maximum atomic E-state index is 14.6. The Balaban J connectivity index is 1.02. The standard InChI is InChI=1S/C38H50FN5O2/c1-26-40-33-9-4-5-10-34(33)44(26)32-24-30-13-14-31(25-32)43(30)22-19-38(27-7-6-8-28(39)23-27)17-20-42(21-18-38)36(46)37(2,3)16-15-35(45)41-29-11-12-29/h4-10,23,29-32H,11-22,24-25H2,1-3H3,(H,41,45)/t30-,31+,32+. The highest BCUT2D eigenvalue weighted by molar-refractivity contribution is 5.83. The molecule has 3 aliphatic heterocycles. The topological polar surface area (TPSA) is 70.5 Å². The number of carbonyl (C=O) groups excluding carboxylic acids is 2. The third-order valence-corrected chi connectivity index (χ3v) is 11.8. The number of carbonyl (C=O) groups is 2. The molecule has 1 aromatic heterocycles. The molecule has 4 fully saturated rings. The number of amides is 2. The third kappa shape index (κ3) is 6.22. The molecular formula is C38H50FN5O2. The summed E-state index contributed by atoms with van der Waals surface area (Å²) in [5.74, 6) is 1.10. The van der Waals surface area contributed by atoms with Crippen molar-refractivity contribution in [2.75, 3.05) is 19.6 Å². The summed E-state index contributed by atoms with van der Waals surface area (Å²) in [6.45, 7) is 8.41. The normalized spacial score (nSPS) is 24.8. The Labute approximate surface area is 272 Å². The van der Waals surface area contributed by atoms with Gasteiger partial charge in [-0.25, -0.2) is 9.37 Å². The highest BCUT2D eigenvalue weighted by Gasteiger charge is 2.45. The van der Waals surface area contributed by atoms with Crippen molar-refractivity contribution >= 4 is 22.8 Å². The summed E-state index contributed by atoms with van der Waals surface area (Å²) in [7, 11) is 0. The highest BCUT2D eigenvalue weighted by Crippen LogP contribution is 2.45. The Bertz CT molecular complexity index is 1570. The van der Waals surface area contributed by atoms with E-state index in [4.69, 9.17) is 4.98 Å². The van der Waals surface area contributed by atoms with Crippen LogP contribution in [0.2, 0.25) is 0 Å². The van der Waals surface area contributed by atoms with Gasteiger partial charge in [0.05, 0.1) is 11.0 Å². The van der Waals surface area contributed by atoms with E-state index in [1.54, 1.807) is 6.07 Å². The molecule has 2 aromatic carbocycles. The fourth-order valence-electron chi connectivity index (χ4n) is 8.92. The number of hydrogen-bond donors (Lipinski definition) is 1. The van der Waals surface area contributed by atoms with E-state index in [0.29, 0.717) is 50.1 Å². The van der Waals surface area contributed by atoms with Crippen molar-refractivity contribution in [1.29, 1.82) is 0 Å². The first-order chi connectivity index (χ1) is 22.1. The first-order valence-electron chi connectivity index (χ1n) is 17.7. The Hall–Kier alpha value is -3.26. The summed E-state index contributed by atoms with van der Waals surface area (Å²) in [6, 6.07) is 17.6. The molecule has 46 heavy (non-hydrogen) atoms. The zero-order valence-electron chi connectivity index (χ0n) is 27.8. The lowest BCUT2D eigenvalue weighted by molar-refractivity contribution is -0.142. The number of nitrogens with one attached hydrogen (secondary N) is 1. The van der Waals surface area contributed by atoms with Gasteiger partial charge < -0.3 is 14.8 Å². The Morgan fingerprint density at radius 2 is 1.70 bits per heavy atom. The largest absolute Gasteiger partial charge is 0.353 e. The van der Waals surface area contributed by atoms with Crippen molar-refractivity contribution < 1.29 is 14.0 Å². The number of aromatic nitrogens is 2. The van der Waals surface area contributed by atoms with Gasteiger partial charge in [-0.3, -0.25) is 14.5 Å². The number of para-hydroxylation sites is 2. The van der Waals surface area contributed by atoms with Gasteiger partial charge in [-0.1, -0.05) is 38.1 Å². The molecule has 2 amide bonds. The molecule has 4 aliphatic rings. The molecule has 0 spiro atoms. The number of halogens is 1. The second-order valence-electron chi connectivity index (χ2n) is 15.3. The maximum absolute atomic E-state index is 14.6. The molecule has 1 saturated carbocycles. The predicted molar refractivity (Wildman–Crippen MR) is 179 cm³/mol. The first kappa shape index (κ1) is 31.3. The molecule has 7 nitrogen and oxygen atoms in total. The molecule has 3 aromatic rings. The fraction of sp³-hybridized carbons (Fsp3) is 0.605. The van der Waals surface area contributed by atoms with E-state index >= 15 is 0 Å². The van der Waals surface area contributed by atoms with Crippen LogP contribution in [-0.4, -0.2) is 68.9 Å². The van der Waals surface area contributed by atoms with Gasteiger partial charge in [0.2, 0.25) is 11.8 Å². The minimum atomic E-state index is -0.595. The summed E-state index contributed by atoms with van der Waals surface area (Å²) in [4.78, 5) is 35.7. The second kappa shape index (κ2) is 12.4. The Morgan fingerprint density at radius 3 is 2.39 bits per heavy atom. The number of piperidine rings is 2. The predicted octanol–water partition coefficient (Wildman–Crippen LogP) is 6.69. The maximum Gasteiger partial charge on any atom is 0.228 e. The average molecular weight is 628 g/mol. The summed E-state index contributed by atoms with van der Waals surface area (Å²) < 4.78 is 17.1. The number of aryl methyl sites for hydroxylation is 1. The van der Waals surface area contributed by atoms with Gasteiger partial charge in [-0.2, -0.15) is 0 Å². The molecule has 0 unspecified atom stereocenters. The molecule has 7 rings (SSSR count). The first-order valence-corrected chi connectivity index (χ1v) is 17.7. The van der Waals surface area contributed by atoms with E-state index in [2.05, 4.69) is 52.0 Å². The summed E-state index contributed by atoms with van der Waals surface area (Å²) in [5.41, 5.74) is 2.63. The molecule has 4 heterocycles. The molecule has 246 valence electrons. The summed E-state index contributed by atoms with van der Waals surface area (Å²) in [6.07, 6.45) is 10.4. The van der Waals surface area contributed by atoms with E-state index in [1.807, 2.05) is 24.8 Å². The molecule has 3 saturated heterocycles. The smallest absolute Gasteiger partial charge is 0.228 e. The average Bonchev–Trinajstić information content (AvgIpc) is 3.74. The van der Waals surface area contributed by atoms with Gasteiger partial charge >= 0.3 is 0 Å². The van der Waals surface area contributed by atoms with Crippen LogP contribution in [-0.2, 0) is 15.0 Å². The SMILES string of the molecule is Cc1nc2ccccc2n1[C@H]1C[C@H]2CC[C@@H](C1)N2CCC1(c2cccc(F)c2)CCN(C(=O)C(C)(C)CCC(=O)NC2CC2)CC1. The molecule has 8 heteroatoms. The summed E-state index contributed by atoms with van der Waals surface area (Å²) in [5, 5.41) is 3.05. The van der Waals surface area contributed by atoms with Crippen molar-refractivity contribution in [1.82, 2.24) is 24.7 Å². The molecule has 2 bridgehead atoms. The number of likely N-dealkylation sites (tertiary alicyclic amines) is 1. The van der Waals surface area contributed by atoms with Crippen LogP contribution in [0.1, 0.15) is 102 Å². The van der Waals surface area contributed by atoms with Gasteiger partial charge in [0.25, 0.3) is 0 Å². The van der Waals surface area contributed by atoms with Crippen molar-refractivity contribution in [3.8, 4) is 0 Å². The monoisotopic (exact) mass is 627 g/mol. The lowest BCUT2D eigenvalue weighted by Gasteiger charge is -2.46. The number of benzene rings is 2. The van der Waals surface area contributed by atoms with Crippen molar-refractivity contribution in [3.63, 3.8) is 0 Å². The molecule has 1 N–H and O–H groups in total. The fourth-order valence-corrected chi connectivity index (χ4v) is 8.92. The van der Waals surface area contributed by atoms with Gasteiger partial charge in [0, 0.05) is 49.1 Å². The molecule has 1 aliphatic carbocycles. The van der Waals surface area contributed by atoms with Gasteiger partial charge in [0.1, 0.15) is 11.6 Å². The van der Waals surface area contributed by atoms with Gasteiger partial charge in [-0.15, -0.1) is 0 Å². The zero-order valence-corrected chi connectivity index (χ0v) is 27.8. The quantitative estimate of drug-likeness (QED) is 0.272. The van der Waals surface area contributed by atoms with Gasteiger partial charge in [-0.05, 0) is 113 Å². The van der Waals surface area contributed by atoms with Crippen LogP contribution < -0.4 is 5.32 Å². The number of nitrogens with zero attached hydrogens (tertiary/aromatic N) is 4. The second-order valence-corrected chi connectivity index (χ2v) is 15.3. The third-order valence-electron chi connectivity index (χ3n) is 11.8. The van der Waals surface area contributed by atoms with Crippen LogP contribution in [0.5, 0.6) is 0 Å². The number of imidazole rings is 1. The molecule has 0 radical (unpaired) electrons. The van der Waals surface area contributed by atoms with Crippen LogP contribution >= 0.6 is 0 Å². The van der Waals surface area contributed by atoms with Crippen LogP contribution in [0, 0.1) is 18.2 Å². The van der Waals surface area contributed by atoms with E-state index in [1.165, 1.54) is 24.4 Å². The van der Waals surface area contributed by atoms with E-state index in [9.17, 15) is 14.0 Å². The van der Waals surface area contributed by atoms with Crippen molar-refractivity contribution in [2.45, 2.75) is 121 Å². The van der Waals surface area contributed by atoms with Gasteiger partial charge in [0.15, 0.2) is 0 Å². The van der Waals surface area contributed by atoms with Crippen LogP contribution in [0.15, 0.2) is 48.5 Å². The van der Waals surface area contributed by atoms with Crippen LogP contribution in [0.4, 0.5) is 4.39 Å². The minimum absolute atomic E-state index is 0.0543. The highest BCUT2D eigenvalue weighted by atomic mass is 19.1. The minimum Gasteiger partial charge on any atom is -0.353 e. The molecule has 3 atom stereocenters. The lowest BCUT2D eigenvalue weighted by atomic mass is 9.69. The van der Waals surface area contributed by atoms with E-state index in [0.717, 1.165) is 68.4 Å². The number of rotatable bonds is 10. The van der Waals surface area contributed by atoms with E-state index in [-0.39, 0.29) is 23.0 Å². The molecular weight excluding hydrogens is 577 g/mol. The van der Waals surface area contributed by atoms with Crippen molar-refractivity contribution in [3.05, 3.63) is 65.7 Å². The zero-order chi connectivity index (χ0) is 32.1. The lowest BCUT2D eigenvalue weighted by Crippen LogP contribution is -2.51. The Morgan fingerprint density at radius 1 is 0.978 bits per heavy atom. The van der Waals surface area contributed by atoms with Crippen molar-refractivity contribution in [2.24, 2.45) is 5.41 Å². The number of fused-ring (bicyclic) bond motifs is 3. The summed E-state index contributed by atoms with van der Waals surface area (Å²) >= 11 is 0. The van der Waals surface area contributed by atoms with Crippen LogP contribution in [0.3, 0.4) is 0 Å². The van der Waals surface area contributed by atoms with E-state index < -0.39 is 5.41 Å². The van der Waals surface area contributed by atoms with Crippen LogP contribution in [0.25, 0.3) is 11.0 Å². The number of hydrogen-bond acceptors (Lipinski definition) is 4. The Kier molecular flexibility index (Phi) is 8.45.